The van der Waals surface area contributed by atoms with Crippen LogP contribution in [-0.4, -0.2) is 71.2 Å². The first-order chi connectivity index (χ1) is 24.2. The van der Waals surface area contributed by atoms with Crippen molar-refractivity contribution in [2.45, 2.75) is 118 Å². The smallest absolute Gasteiger partial charge is 0.303 e. The second-order valence-corrected chi connectivity index (χ2v) is 15.4. The van der Waals surface area contributed by atoms with E-state index in [-0.39, 0.29) is 37.3 Å². The van der Waals surface area contributed by atoms with Crippen LogP contribution in [0.1, 0.15) is 79.4 Å². The van der Waals surface area contributed by atoms with E-state index < -0.39 is 59.3 Å². The highest BCUT2D eigenvalue weighted by molar-refractivity contribution is 5.91. The molecule has 0 unspecified atom stereocenters. The molecule has 9 heteroatoms. The first-order valence-corrected chi connectivity index (χ1v) is 18.4. The predicted molar refractivity (Wildman–Crippen MR) is 196 cm³/mol. The largest absolute Gasteiger partial charge is 0.457 e. The van der Waals surface area contributed by atoms with Crippen LogP contribution in [0.15, 0.2) is 79.2 Å². The molecule has 1 fully saturated rings. The number of ether oxygens (including phenoxy) is 5. The van der Waals surface area contributed by atoms with Gasteiger partial charge in [-0.1, -0.05) is 104 Å². The Labute approximate surface area is 304 Å². The van der Waals surface area contributed by atoms with E-state index in [4.69, 9.17) is 23.7 Å². The molecule has 0 aliphatic heterocycles. The predicted octanol–water partition coefficient (Wildman–Crippen LogP) is 7.06. The molecule has 280 valence electrons. The number of rotatable bonds is 13. The molecule has 0 bridgehead atoms. The van der Waals surface area contributed by atoms with Crippen LogP contribution < -0.4 is 0 Å². The van der Waals surface area contributed by atoms with E-state index in [0.717, 1.165) is 17.5 Å². The number of allylic oxidation sites excluding steroid dienone is 1. The molecular weight excluding hydrogens is 646 g/mol. The maximum atomic E-state index is 14.5. The van der Waals surface area contributed by atoms with Crippen LogP contribution in [0.25, 0.3) is 0 Å². The molecular formula is C42H59NO8. The molecule has 0 amide bonds. The normalized spacial score (nSPS) is 31.8. The number of pyridine rings is 1. The Morgan fingerprint density at radius 2 is 1.67 bits per heavy atom. The van der Waals surface area contributed by atoms with Crippen molar-refractivity contribution in [3.63, 3.8) is 0 Å². The van der Waals surface area contributed by atoms with Crippen LogP contribution in [0, 0.1) is 29.1 Å². The highest BCUT2D eigenvalue weighted by Crippen LogP contribution is 2.49. The fourth-order valence-corrected chi connectivity index (χ4v) is 7.48. The Kier molecular flexibility index (Phi) is 14.3. The van der Waals surface area contributed by atoms with Crippen molar-refractivity contribution < 1.29 is 38.4 Å². The van der Waals surface area contributed by atoms with E-state index in [1.807, 2.05) is 82.3 Å². The van der Waals surface area contributed by atoms with E-state index in [9.17, 15) is 14.7 Å². The van der Waals surface area contributed by atoms with Gasteiger partial charge in [-0.25, -0.2) is 0 Å². The van der Waals surface area contributed by atoms with Gasteiger partial charge in [-0.05, 0) is 47.4 Å². The minimum absolute atomic E-state index is 0.135. The molecule has 1 saturated carbocycles. The van der Waals surface area contributed by atoms with E-state index in [2.05, 4.69) is 25.4 Å². The van der Waals surface area contributed by atoms with Gasteiger partial charge in [0.25, 0.3) is 0 Å². The van der Waals surface area contributed by atoms with Gasteiger partial charge in [-0.3, -0.25) is 14.6 Å². The quantitative estimate of drug-likeness (QED) is 0.173. The number of Topliss-reactive ketones (excluding diaryl/α,β-unsaturated/α-hetero) is 1. The molecule has 2 aromatic rings. The number of esters is 1. The molecule has 1 aromatic heterocycles. The summed E-state index contributed by atoms with van der Waals surface area (Å²) in [5, 5.41) is 12.6. The Balaban J connectivity index is 1.96. The maximum absolute atomic E-state index is 14.5. The average molecular weight is 706 g/mol. The molecule has 51 heavy (non-hydrogen) atoms. The molecule has 4 rings (SSSR count). The van der Waals surface area contributed by atoms with Gasteiger partial charge >= 0.3 is 5.97 Å². The number of nitrogens with zero attached hydrogens (tertiary/aromatic N) is 1. The van der Waals surface area contributed by atoms with Crippen molar-refractivity contribution in [2.24, 2.45) is 29.1 Å². The topological polar surface area (TPSA) is 113 Å². The average Bonchev–Trinajstić information content (AvgIpc) is 3.35. The minimum atomic E-state index is -1.87. The molecule has 0 radical (unpaired) electrons. The van der Waals surface area contributed by atoms with E-state index in [1.165, 1.54) is 6.92 Å². The van der Waals surface area contributed by atoms with Gasteiger partial charge < -0.3 is 28.8 Å². The molecule has 2 aliphatic rings. The summed E-state index contributed by atoms with van der Waals surface area (Å²) < 4.78 is 33.1. The maximum Gasteiger partial charge on any atom is 0.303 e. The molecule has 0 spiro atoms. The summed E-state index contributed by atoms with van der Waals surface area (Å²) in [5.41, 5.74) is -0.383. The molecule has 2 aliphatic carbocycles. The highest BCUT2D eigenvalue weighted by atomic mass is 16.6. The van der Waals surface area contributed by atoms with Gasteiger partial charge in [0.2, 0.25) is 0 Å². The Bertz CT molecular complexity index is 1460. The molecule has 9 atom stereocenters. The Hall–Kier alpha value is -3.21. The first kappa shape index (κ1) is 40.6. The summed E-state index contributed by atoms with van der Waals surface area (Å²) in [6, 6.07) is 13.7. The number of aliphatic hydroxyl groups is 1. The number of carbonyl (C=O) groups is 2. The fraction of sp³-hybridized carbons (Fsp3) is 0.595. The number of carbonyl (C=O) groups excluding carboxylic acids is 2. The first-order valence-electron chi connectivity index (χ1n) is 18.4. The second kappa shape index (κ2) is 18.0. The van der Waals surface area contributed by atoms with E-state index in [1.54, 1.807) is 19.3 Å². The van der Waals surface area contributed by atoms with Crippen LogP contribution in [-0.2, 0) is 46.5 Å². The SMILES string of the molecule is C=C1[C@H](OCC(C)C)[C@@H](OCc2ccccc2)[C@@H](OCc2cccnc2)C(C)(C)/C=C/[C@@H](C)C(=O)[C@@]2(O)C[C@H](C)[C@H](OCCC)[C@@H]2[C@H]1OC(C)=O. The van der Waals surface area contributed by atoms with Crippen LogP contribution in [0.2, 0.25) is 0 Å². The lowest BCUT2D eigenvalue weighted by Gasteiger charge is -2.45. The number of ketones is 1. The van der Waals surface area contributed by atoms with Crippen LogP contribution in [0.3, 0.4) is 0 Å². The summed E-state index contributed by atoms with van der Waals surface area (Å²) in [6.07, 6.45) is 4.15. The fourth-order valence-electron chi connectivity index (χ4n) is 7.48. The van der Waals surface area contributed by atoms with Crippen molar-refractivity contribution >= 4 is 11.8 Å². The third kappa shape index (κ3) is 10.0. The van der Waals surface area contributed by atoms with Crippen molar-refractivity contribution in [3.8, 4) is 0 Å². The van der Waals surface area contributed by atoms with Crippen LogP contribution >= 0.6 is 0 Å². The summed E-state index contributed by atoms with van der Waals surface area (Å²) in [6.45, 7) is 21.1. The van der Waals surface area contributed by atoms with Gasteiger partial charge in [0, 0.05) is 43.9 Å². The van der Waals surface area contributed by atoms with Gasteiger partial charge in [0.1, 0.15) is 23.9 Å². The highest BCUT2D eigenvalue weighted by Gasteiger charge is 2.62. The third-order valence-corrected chi connectivity index (χ3v) is 10.00. The number of fused-ring (bicyclic) bond motifs is 1. The van der Waals surface area contributed by atoms with Gasteiger partial charge in [-0.2, -0.15) is 0 Å². The van der Waals surface area contributed by atoms with Gasteiger partial charge in [0.15, 0.2) is 5.78 Å². The molecule has 9 nitrogen and oxygen atoms in total. The lowest BCUT2D eigenvalue weighted by Crippen LogP contribution is -2.57. The molecule has 1 N–H and O–H groups in total. The summed E-state index contributed by atoms with van der Waals surface area (Å²) >= 11 is 0. The van der Waals surface area contributed by atoms with Gasteiger partial charge in [0.05, 0.1) is 31.3 Å². The second-order valence-electron chi connectivity index (χ2n) is 15.4. The van der Waals surface area contributed by atoms with Crippen LogP contribution in [0.5, 0.6) is 0 Å². The zero-order valence-corrected chi connectivity index (χ0v) is 31.7. The Morgan fingerprint density at radius 3 is 2.29 bits per heavy atom. The number of hydrogen-bond acceptors (Lipinski definition) is 9. The van der Waals surface area contributed by atoms with Crippen molar-refractivity contribution in [2.75, 3.05) is 13.2 Å². The summed E-state index contributed by atoms with van der Waals surface area (Å²) in [4.78, 5) is 31.7. The van der Waals surface area contributed by atoms with Crippen LogP contribution in [0.4, 0.5) is 0 Å². The minimum Gasteiger partial charge on any atom is -0.457 e. The van der Waals surface area contributed by atoms with Crippen molar-refractivity contribution in [1.82, 2.24) is 4.98 Å². The monoisotopic (exact) mass is 705 g/mol. The molecule has 0 saturated heterocycles. The Morgan fingerprint density at radius 1 is 0.980 bits per heavy atom. The molecule has 1 aromatic carbocycles. The van der Waals surface area contributed by atoms with E-state index in [0.29, 0.717) is 18.8 Å². The van der Waals surface area contributed by atoms with Crippen molar-refractivity contribution in [3.05, 3.63) is 90.3 Å². The summed E-state index contributed by atoms with van der Waals surface area (Å²) in [5.74, 6) is -2.62. The standard InChI is InChI=1S/C42H59NO8/c1-10-21-47-35-29(5)22-42(46)34(35)36(51-31(7)44)30(6)37(48-24-27(2)3)38(49-25-32-15-12-11-13-16-32)40(50-26-33-17-14-20-43-23-33)41(8,9)19-18-28(4)39(42)45/h11-20,23,27-29,34-38,40,46H,6,10,21-22,24-26H2,1-5,7-9H3/b19-18+/t28-,29+,34-,35+,36+,37+,38-,40-,42-/m1/s1. The lowest BCUT2D eigenvalue weighted by atomic mass is 9.72. The zero-order valence-electron chi connectivity index (χ0n) is 31.7. The number of benzene rings is 1. The third-order valence-electron chi connectivity index (χ3n) is 10.00. The molecule has 1 heterocycles. The lowest BCUT2D eigenvalue weighted by molar-refractivity contribution is -0.180. The zero-order chi connectivity index (χ0) is 37.3. The van der Waals surface area contributed by atoms with Gasteiger partial charge in [-0.15, -0.1) is 0 Å². The number of aromatic nitrogens is 1. The number of hydrogen-bond donors (Lipinski definition) is 1. The van der Waals surface area contributed by atoms with Crippen molar-refractivity contribution in [1.29, 1.82) is 0 Å². The van der Waals surface area contributed by atoms with E-state index >= 15 is 0 Å². The summed E-state index contributed by atoms with van der Waals surface area (Å²) in [7, 11) is 0.